The van der Waals surface area contributed by atoms with Crippen LogP contribution in [0.2, 0.25) is 0 Å². The summed E-state index contributed by atoms with van der Waals surface area (Å²) in [5.74, 6) is 0.808. The molecule has 0 saturated carbocycles. The molecular weight excluding hydrogens is 342 g/mol. The topological polar surface area (TPSA) is 49.1 Å². The fourth-order valence-corrected chi connectivity index (χ4v) is 3.26. The largest absolute Gasteiger partial charge is 0.497 e. The standard InChI is InChI=1S/C21H19N3OS/c1-24(2)18-8-4-15(5-9-18)12-17(13-22)21-23-20(14-26-21)16-6-10-19(25-3)11-7-16/h4-12,14H,1-3H3/b17-12+. The molecule has 5 heteroatoms. The summed E-state index contributed by atoms with van der Waals surface area (Å²) in [6, 6.07) is 18.1. The number of hydrogen-bond acceptors (Lipinski definition) is 5. The lowest BCUT2D eigenvalue weighted by atomic mass is 10.1. The van der Waals surface area contributed by atoms with Gasteiger partial charge in [-0.3, -0.25) is 0 Å². The Morgan fingerprint density at radius 2 is 1.81 bits per heavy atom. The number of aromatic nitrogens is 1. The van der Waals surface area contributed by atoms with Gasteiger partial charge in [0.15, 0.2) is 0 Å². The fraction of sp³-hybridized carbons (Fsp3) is 0.143. The van der Waals surface area contributed by atoms with Gasteiger partial charge in [0, 0.05) is 30.7 Å². The number of rotatable bonds is 5. The van der Waals surface area contributed by atoms with Crippen molar-refractivity contribution in [3.8, 4) is 23.1 Å². The normalized spacial score (nSPS) is 11.1. The van der Waals surface area contributed by atoms with Gasteiger partial charge >= 0.3 is 0 Å². The van der Waals surface area contributed by atoms with E-state index in [2.05, 4.69) is 11.1 Å². The van der Waals surface area contributed by atoms with E-state index in [1.54, 1.807) is 7.11 Å². The Labute approximate surface area is 157 Å². The molecule has 0 radical (unpaired) electrons. The van der Waals surface area contributed by atoms with Crippen molar-refractivity contribution in [3.05, 3.63) is 64.5 Å². The number of nitrogens with zero attached hydrogens (tertiary/aromatic N) is 3. The predicted molar refractivity (Wildman–Crippen MR) is 108 cm³/mol. The Morgan fingerprint density at radius 1 is 1.12 bits per heavy atom. The Balaban J connectivity index is 1.86. The highest BCUT2D eigenvalue weighted by atomic mass is 32.1. The van der Waals surface area contributed by atoms with Crippen LogP contribution >= 0.6 is 11.3 Å². The van der Waals surface area contributed by atoms with Crippen LogP contribution in [0.5, 0.6) is 5.75 Å². The smallest absolute Gasteiger partial charge is 0.134 e. The van der Waals surface area contributed by atoms with Gasteiger partial charge in [-0.15, -0.1) is 11.3 Å². The molecule has 0 aliphatic rings. The molecule has 0 spiro atoms. The molecule has 0 bridgehead atoms. The zero-order valence-corrected chi connectivity index (χ0v) is 15.7. The molecule has 3 aromatic rings. The second-order valence-corrected chi connectivity index (χ2v) is 6.78. The minimum Gasteiger partial charge on any atom is -0.497 e. The molecule has 0 amide bonds. The van der Waals surface area contributed by atoms with Gasteiger partial charge in [0.25, 0.3) is 0 Å². The Morgan fingerprint density at radius 3 is 2.38 bits per heavy atom. The average molecular weight is 361 g/mol. The van der Waals surface area contributed by atoms with Crippen molar-refractivity contribution in [3.63, 3.8) is 0 Å². The summed E-state index contributed by atoms with van der Waals surface area (Å²) in [5, 5.41) is 12.2. The molecule has 0 aliphatic carbocycles. The van der Waals surface area contributed by atoms with Gasteiger partial charge in [0.1, 0.15) is 16.8 Å². The first-order valence-electron chi connectivity index (χ1n) is 8.10. The Hall–Kier alpha value is -3.10. The number of nitriles is 1. The molecule has 0 saturated heterocycles. The number of thiazole rings is 1. The van der Waals surface area contributed by atoms with Crippen molar-refractivity contribution in [1.82, 2.24) is 4.98 Å². The highest BCUT2D eigenvalue weighted by Gasteiger charge is 2.09. The predicted octanol–water partition coefficient (Wildman–Crippen LogP) is 4.95. The van der Waals surface area contributed by atoms with E-state index in [4.69, 9.17) is 4.74 Å². The molecule has 2 aromatic carbocycles. The van der Waals surface area contributed by atoms with Gasteiger partial charge in [-0.1, -0.05) is 12.1 Å². The fourth-order valence-electron chi connectivity index (χ4n) is 2.47. The molecule has 0 fully saturated rings. The van der Waals surface area contributed by atoms with E-state index < -0.39 is 0 Å². The van der Waals surface area contributed by atoms with Crippen molar-refractivity contribution in [1.29, 1.82) is 5.26 Å². The van der Waals surface area contributed by atoms with Gasteiger partial charge in [-0.2, -0.15) is 5.26 Å². The summed E-state index contributed by atoms with van der Waals surface area (Å²) in [4.78, 5) is 6.67. The first kappa shape index (κ1) is 17.7. The van der Waals surface area contributed by atoms with E-state index in [0.717, 1.165) is 33.3 Å². The van der Waals surface area contributed by atoms with Crippen LogP contribution in [0.3, 0.4) is 0 Å². The van der Waals surface area contributed by atoms with Crippen molar-refractivity contribution in [2.75, 3.05) is 26.1 Å². The third-order valence-electron chi connectivity index (χ3n) is 3.96. The van der Waals surface area contributed by atoms with Crippen molar-refractivity contribution in [2.24, 2.45) is 0 Å². The SMILES string of the molecule is COc1ccc(-c2csc(/C(C#N)=C/c3ccc(N(C)C)cc3)n2)cc1. The van der Waals surface area contributed by atoms with Crippen LogP contribution in [0.25, 0.3) is 22.9 Å². The van der Waals surface area contributed by atoms with Crippen molar-refractivity contribution >= 4 is 28.7 Å². The molecule has 1 aromatic heterocycles. The summed E-state index contributed by atoms with van der Waals surface area (Å²) in [7, 11) is 5.65. The van der Waals surface area contributed by atoms with E-state index in [1.165, 1.54) is 11.3 Å². The second-order valence-electron chi connectivity index (χ2n) is 5.92. The molecule has 26 heavy (non-hydrogen) atoms. The first-order chi connectivity index (χ1) is 12.6. The third kappa shape index (κ3) is 3.93. The lowest BCUT2D eigenvalue weighted by Gasteiger charge is -2.11. The maximum absolute atomic E-state index is 9.56. The molecule has 130 valence electrons. The number of ether oxygens (including phenoxy) is 1. The zero-order chi connectivity index (χ0) is 18.5. The minimum absolute atomic E-state index is 0.562. The van der Waals surface area contributed by atoms with Crippen molar-refractivity contribution in [2.45, 2.75) is 0 Å². The summed E-state index contributed by atoms with van der Waals surface area (Å²) < 4.78 is 5.18. The zero-order valence-electron chi connectivity index (χ0n) is 14.9. The van der Waals surface area contributed by atoms with Crippen LogP contribution < -0.4 is 9.64 Å². The monoisotopic (exact) mass is 361 g/mol. The molecule has 0 aliphatic heterocycles. The second kappa shape index (κ2) is 7.85. The van der Waals surface area contributed by atoms with Gasteiger partial charge in [-0.05, 0) is 48.0 Å². The van der Waals surface area contributed by atoms with E-state index in [1.807, 2.05) is 79.0 Å². The van der Waals surface area contributed by atoms with Crippen molar-refractivity contribution < 1.29 is 4.74 Å². The number of methoxy groups -OCH3 is 1. The quantitative estimate of drug-likeness (QED) is 0.603. The van der Waals surface area contributed by atoms with Crippen LogP contribution in [0.4, 0.5) is 5.69 Å². The summed E-state index contributed by atoms with van der Waals surface area (Å²) in [6.07, 6.45) is 1.87. The van der Waals surface area contributed by atoms with Crippen LogP contribution in [-0.2, 0) is 0 Å². The minimum atomic E-state index is 0.562. The first-order valence-corrected chi connectivity index (χ1v) is 8.98. The molecule has 0 unspecified atom stereocenters. The van der Waals surface area contributed by atoms with Crippen LogP contribution in [0.15, 0.2) is 53.9 Å². The molecule has 4 nitrogen and oxygen atoms in total. The summed E-state index contributed by atoms with van der Waals surface area (Å²) in [5.41, 5.74) is 4.52. The highest BCUT2D eigenvalue weighted by Crippen LogP contribution is 2.28. The molecular formula is C21H19N3OS. The third-order valence-corrected chi connectivity index (χ3v) is 4.84. The van der Waals surface area contributed by atoms with Crippen LogP contribution in [-0.4, -0.2) is 26.2 Å². The van der Waals surface area contributed by atoms with E-state index >= 15 is 0 Å². The average Bonchev–Trinajstić information content (AvgIpc) is 3.16. The molecule has 1 heterocycles. The van der Waals surface area contributed by atoms with E-state index in [-0.39, 0.29) is 0 Å². The highest BCUT2D eigenvalue weighted by molar-refractivity contribution is 7.11. The maximum atomic E-state index is 9.56. The Bertz CT molecular complexity index is 948. The van der Waals surface area contributed by atoms with Crippen LogP contribution in [0.1, 0.15) is 10.6 Å². The Kier molecular flexibility index (Phi) is 5.35. The van der Waals surface area contributed by atoms with Gasteiger partial charge in [0.2, 0.25) is 0 Å². The lowest BCUT2D eigenvalue weighted by molar-refractivity contribution is 0.415. The van der Waals surface area contributed by atoms with Crippen LogP contribution in [0, 0.1) is 11.3 Å². The summed E-state index contributed by atoms with van der Waals surface area (Å²) >= 11 is 1.47. The number of benzene rings is 2. The number of allylic oxidation sites excluding steroid dienone is 1. The molecule has 0 N–H and O–H groups in total. The van der Waals surface area contributed by atoms with Gasteiger partial charge in [-0.25, -0.2) is 4.98 Å². The van der Waals surface area contributed by atoms with E-state index in [9.17, 15) is 5.26 Å². The van der Waals surface area contributed by atoms with Gasteiger partial charge in [0.05, 0.1) is 18.4 Å². The maximum Gasteiger partial charge on any atom is 0.134 e. The van der Waals surface area contributed by atoms with E-state index in [0.29, 0.717) is 5.57 Å². The number of anilines is 1. The number of hydrogen-bond donors (Lipinski definition) is 0. The molecule has 3 rings (SSSR count). The molecule has 0 atom stereocenters. The lowest BCUT2D eigenvalue weighted by Crippen LogP contribution is -2.07. The summed E-state index contributed by atoms with van der Waals surface area (Å²) in [6.45, 7) is 0. The van der Waals surface area contributed by atoms with Gasteiger partial charge < -0.3 is 9.64 Å².